The summed E-state index contributed by atoms with van der Waals surface area (Å²) in [7, 11) is 0. The SMILES string of the molecule is O=C(O)c1ccc(Sc2ccc(Cl)cc2)cc1I. The zero-order valence-electron chi connectivity index (χ0n) is 9.06. The highest BCUT2D eigenvalue weighted by atomic mass is 127. The first-order chi connectivity index (χ1) is 8.56. The van der Waals surface area contributed by atoms with Crippen LogP contribution in [-0.4, -0.2) is 11.1 Å². The second-order valence-corrected chi connectivity index (χ2v) is 6.25. The first kappa shape index (κ1) is 13.7. The first-order valence-electron chi connectivity index (χ1n) is 5.02. The first-order valence-corrected chi connectivity index (χ1v) is 7.30. The monoisotopic (exact) mass is 390 g/mol. The van der Waals surface area contributed by atoms with Crippen LogP contribution in [0.5, 0.6) is 0 Å². The van der Waals surface area contributed by atoms with E-state index in [1.165, 1.54) is 0 Å². The molecule has 0 bridgehead atoms. The summed E-state index contributed by atoms with van der Waals surface area (Å²) >= 11 is 9.43. The molecule has 0 heterocycles. The lowest BCUT2D eigenvalue weighted by molar-refractivity contribution is 0.0695. The van der Waals surface area contributed by atoms with E-state index < -0.39 is 5.97 Å². The predicted octanol–water partition coefficient (Wildman–Crippen LogP) is 4.79. The van der Waals surface area contributed by atoms with Gasteiger partial charge in [0.1, 0.15) is 0 Å². The Morgan fingerprint density at radius 3 is 2.28 bits per heavy atom. The summed E-state index contributed by atoms with van der Waals surface area (Å²) in [6.45, 7) is 0. The highest BCUT2D eigenvalue weighted by Crippen LogP contribution is 2.30. The largest absolute Gasteiger partial charge is 0.478 e. The van der Waals surface area contributed by atoms with Gasteiger partial charge in [0, 0.05) is 18.4 Å². The third-order valence-corrected chi connectivity index (χ3v) is 4.36. The minimum atomic E-state index is -0.901. The molecule has 2 rings (SSSR count). The maximum Gasteiger partial charge on any atom is 0.336 e. The molecule has 1 N–H and O–H groups in total. The normalized spacial score (nSPS) is 10.3. The molecule has 0 atom stereocenters. The standard InChI is InChI=1S/C13H8ClIO2S/c14-8-1-3-9(4-2-8)18-10-5-6-11(13(16)17)12(15)7-10/h1-7H,(H,16,17). The lowest BCUT2D eigenvalue weighted by Gasteiger charge is -2.04. The van der Waals surface area contributed by atoms with E-state index in [1.807, 2.05) is 59.0 Å². The number of benzene rings is 2. The highest BCUT2D eigenvalue weighted by Gasteiger charge is 2.08. The van der Waals surface area contributed by atoms with E-state index in [0.717, 1.165) is 13.4 Å². The van der Waals surface area contributed by atoms with Crippen molar-refractivity contribution >= 4 is 51.9 Å². The van der Waals surface area contributed by atoms with Gasteiger partial charge < -0.3 is 5.11 Å². The van der Waals surface area contributed by atoms with Crippen molar-refractivity contribution in [3.05, 3.63) is 56.6 Å². The van der Waals surface area contributed by atoms with Gasteiger partial charge in [0.15, 0.2) is 0 Å². The van der Waals surface area contributed by atoms with Crippen molar-refractivity contribution in [2.75, 3.05) is 0 Å². The van der Waals surface area contributed by atoms with Crippen LogP contribution in [0.1, 0.15) is 10.4 Å². The van der Waals surface area contributed by atoms with Crippen LogP contribution in [0.4, 0.5) is 0 Å². The third-order valence-electron chi connectivity index (χ3n) is 2.22. The molecular weight excluding hydrogens is 383 g/mol. The molecular formula is C13H8ClIO2S. The molecule has 0 aliphatic rings. The molecule has 18 heavy (non-hydrogen) atoms. The van der Waals surface area contributed by atoms with Gasteiger partial charge in [0.2, 0.25) is 0 Å². The lowest BCUT2D eigenvalue weighted by atomic mass is 10.2. The molecule has 5 heteroatoms. The number of halogens is 2. The molecule has 0 radical (unpaired) electrons. The summed E-state index contributed by atoms with van der Waals surface area (Å²) in [4.78, 5) is 13.0. The summed E-state index contributed by atoms with van der Waals surface area (Å²) in [5.41, 5.74) is 0.330. The minimum absolute atomic E-state index is 0.330. The number of hydrogen-bond donors (Lipinski definition) is 1. The van der Waals surface area contributed by atoms with Crippen molar-refractivity contribution in [3.63, 3.8) is 0 Å². The molecule has 0 fully saturated rings. The van der Waals surface area contributed by atoms with Gasteiger partial charge in [-0.15, -0.1) is 0 Å². The molecule has 0 unspecified atom stereocenters. The van der Waals surface area contributed by atoms with Crippen molar-refractivity contribution in [2.24, 2.45) is 0 Å². The molecule has 92 valence electrons. The topological polar surface area (TPSA) is 37.3 Å². The van der Waals surface area contributed by atoms with Crippen molar-refractivity contribution < 1.29 is 9.90 Å². The second-order valence-electron chi connectivity index (χ2n) is 3.50. The number of aromatic carboxylic acids is 1. The quantitative estimate of drug-likeness (QED) is 0.765. The van der Waals surface area contributed by atoms with E-state index in [-0.39, 0.29) is 0 Å². The molecule has 0 aromatic heterocycles. The highest BCUT2D eigenvalue weighted by molar-refractivity contribution is 14.1. The van der Waals surface area contributed by atoms with Crippen LogP contribution < -0.4 is 0 Å². The van der Waals surface area contributed by atoms with Gasteiger partial charge in [-0.2, -0.15) is 0 Å². The zero-order chi connectivity index (χ0) is 13.1. The molecule has 0 spiro atoms. The van der Waals surface area contributed by atoms with Crippen LogP contribution >= 0.6 is 46.0 Å². The molecule has 0 aliphatic carbocycles. The molecule has 0 saturated heterocycles. The van der Waals surface area contributed by atoms with Crippen molar-refractivity contribution in [3.8, 4) is 0 Å². The van der Waals surface area contributed by atoms with Crippen LogP contribution in [0.3, 0.4) is 0 Å². The third kappa shape index (κ3) is 3.40. The van der Waals surface area contributed by atoms with Crippen LogP contribution in [-0.2, 0) is 0 Å². The Bertz CT molecular complexity index is 584. The molecule has 2 aromatic rings. The Hall–Kier alpha value is -0.720. The van der Waals surface area contributed by atoms with Crippen LogP contribution in [0.25, 0.3) is 0 Å². The lowest BCUT2D eigenvalue weighted by Crippen LogP contribution is -1.98. The van der Waals surface area contributed by atoms with E-state index in [9.17, 15) is 4.79 Å². The van der Waals surface area contributed by atoms with Gasteiger partial charge in [0.05, 0.1) is 5.56 Å². The van der Waals surface area contributed by atoms with E-state index in [1.54, 1.807) is 17.8 Å². The van der Waals surface area contributed by atoms with Gasteiger partial charge >= 0.3 is 5.97 Å². The number of carboxylic acids is 1. The summed E-state index contributed by atoms with van der Waals surface area (Å²) in [5.74, 6) is -0.901. The number of hydrogen-bond acceptors (Lipinski definition) is 2. The minimum Gasteiger partial charge on any atom is -0.478 e. The van der Waals surface area contributed by atoms with Gasteiger partial charge in [0.25, 0.3) is 0 Å². The Morgan fingerprint density at radius 2 is 1.72 bits per heavy atom. The Labute approximate surface area is 127 Å². The Balaban J connectivity index is 2.22. The molecule has 0 aliphatic heterocycles. The smallest absolute Gasteiger partial charge is 0.336 e. The van der Waals surface area contributed by atoms with Gasteiger partial charge in [-0.1, -0.05) is 23.4 Å². The van der Waals surface area contributed by atoms with E-state index in [4.69, 9.17) is 16.7 Å². The van der Waals surface area contributed by atoms with Crippen molar-refractivity contribution in [1.29, 1.82) is 0 Å². The fraction of sp³-hybridized carbons (Fsp3) is 0. The second kappa shape index (κ2) is 5.95. The van der Waals surface area contributed by atoms with Gasteiger partial charge in [-0.3, -0.25) is 0 Å². The fourth-order valence-electron chi connectivity index (χ4n) is 1.37. The van der Waals surface area contributed by atoms with Crippen molar-refractivity contribution in [2.45, 2.75) is 9.79 Å². The fourth-order valence-corrected chi connectivity index (χ4v) is 3.31. The van der Waals surface area contributed by atoms with E-state index >= 15 is 0 Å². The van der Waals surface area contributed by atoms with Crippen LogP contribution in [0.15, 0.2) is 52.3 Å². The van der Waals surface area contributed by atoms with Crippen molar-refractivity contribution in [1.82, 2.24) is 0 Å². The number of carbonyl (C=O) groups is 1. The maximum absolute atomic E-state index is 10.9. The number of rotatable bonds is 3. The Morgan fingerprint density at radius 1 is 1.11 bits per heavy atom. The molecule has 0 amide bonds. The van der Waals surface area contributed by atoms with Gasteiger partial charge in [-0.25, -0.2) is 4.79 Å². The summed E-state index contributed by atoms with van der Waals surface area (Å²) in [6.07, 6.45) is 0. The molecule has 2 aromatic carbocycles. The molecule has 0 saturated carbocycles. The average molecular weight is 391 g/mol. The van der Waals surface area contributed by atoms with Gasteiger partial charge in [-0.05, 0) is 65.1 Å². The maximum atomic E-state index is 10.9. The Kier molecular flexibility index (Phi) is 4.53. The van der Waals surface area contributed by atoms with E-state index in [2.05, 4.69) is 0 Å². The van der Waals surface area contributed by atoms with E-state index in [0.29, 0.717) is 10.6 Å². The van der Waals surface area contributed by atoms with Crippen LogP contribution in [0, 0.1) is 3.57 Å². The summed E-state index contributed by atoms with van der Waals surface area (Å²) in [5, 5.41) is 9.65. The number of carboxylic acid groups (broad SMARTS) is 1. The molecule has 2 nitrogen and oxygen atoms in total. The predicted molar refractivity (Wildman–Crippen MR) is 81.7 cm³/mol. The summed E-state index contributed by atoms with van der Waals surface area (Å²) in [6, 6.07) is 12.8. The summed E-state index contributed by atoms with van der Waals surface area (Å²) < 4.78 is 0.735. The average Bonchev–Trinajstić information content (AvgIpc) is 2.32. The zero-order valence-corrected chi connectivity index (χ0v) is 12.8. The van der Waals surface area contributed by atoms with Crippen LogP contribution in [0.2, 0.25) is 5.02 Å².